The molecule has 0 spiro atoms. The van der Waals surface area contributed by atoms with Crippen LogP contribution in [0.1, 0.15) is 11.8 Å². The Morgan fingerprint density at radius 3 is 2.42 bits per heavy atom. The van der Waals surface area contributed by atoms with E-state index in [9.17, 15) is 8.42 Å². The molecule has 0 aromatic carbocycles. The van der Waals surface area contributed by atoms with E-state index in [4.69, 9.17) is 5.14 Å². The molecule has 0 radical (unpaired) electrons. The van der Waals surface area contributed by atoms with Crippen LogP contribution in [0.25, 0.3) is 5.57 Å². The van der Waals surface area contributed by atoms with Gasteiger partial charge in [-0.15, -0.1) is 11.3 Å². The monoisotopic (exact) mass is 203 g/mol. The third-order valence-electron chi connectivity index (χ3n) is 1.28. The SMILES string of the molecule is C=C(C)c1ccc(S(N)(=O)=O)s1. The number of thiophene rings is 1. The van der Waals surface area contributed by atoms with Gasteiger partial charge in [0.05, 0.1) is 0 Å². The molecule has 1 aromatic rings. The van der Waals surface area contributed by atoms with E-state index >= 15 is 0 Å². The van der Waals surface area contributed by atoms with Crippen molar-refractivity contribution in [3.05, 3.63) is 23.6 Å². The normalized spacial score (nSPS) is 11.5. The second-order valence-electron chi connectivity index (χ2n) is 2.44. The Hall–Kier alpha value is -0.650. The van der Waals surface area contributed by atoms with Crippen molar-refractivity contribution >= 4 is 26.9 Å². The van der Waals surface area contributed by atoms with Gasteiger partial charge in [0.15, 0.2) is 0 Å². The lowest BCUT2D eigenvalue weighted by atomic mass is 10.3. The zero-order chi connectivity index (χ0) is 9.35. The quantitative estimate of drug-likeness (QED) is 0.790. The van der Waals surface area contributed by atoms with Crippen LogP contribution in [0.15, 0.2) is 22.9 Å². The van der Waals surface area contributed by atoms with Gasteiger partial charge in [0.2, 0.25) is 10.0 Å². The van der Waals surface area contributed by atoms with E-state index in [1.54, 1.807) is 6.07 Å². The van der Waals surface area contributed by atoms with Gasteiger partial charge in [0, 0.05) is 4.88 Å². The first-order chi connectivity index (χ1) is 5.41. The van der Waals surface area contributed by atoms with Crippen LogP contribution in [0.4, 0.5) is 0 Å². The summed E-state index contributed by atoms with van der Waals surface area (Å²) >= 11 is 1.14. The summed E-state index contributed by atoms with van der Waals surface area (Å²) in [6.45, 7) is 5.51. The van der Waals surface area contributed by atoms with Crippen LogP contribution < -0.4 is 5.14 Å². The summed E-state index contributed by atoms with van der Waals surface area (Å²) < 4.78 is 21.8. The van der Waals surface area contributed by atoms with Crippen molar-refractivity contribution in [2.45, 2.75) is 11.1 Å². The standard InChI is InChI=1S/C7H9NO2S2/c1-5(2)6-3-4-7(11-6)12(8,9)10/h3-4H,1H2,2H3,(H2,8,9,10). The first-order valence-electron chi connectivity index (χ1n) is 3.20. The molecule has 0 amide bonds. The van der Waals surface area contributed by atoms with Gasteiger partial charge in [0.25, 0.3) is 0 Å². The molecule has 5 heteroatoms. The molecule has 0 atom stereocenters. The van der Waals surface area contributed by atoms with Crippen LogP contribution in [0.3, 0.4) is 0 Å². The first kappa shape index (κ1) is 9.44. The van der Waals surface area contributed by atoms with Crippen molar-refractivity contribution in [1.29, 1.82) is 0 Å². The van der Waals surface area contributed by atoms with Gasteiger partial charge in [-0.3, -0.25) is 0 Å². The van der Waals surface area contributed by atoms with Gasteiger partial charge in [-0.05, 0) is 24.6 Å². The third kappa shape index (κ3) is 1.94. The zero-order valence-corrected chi connectivity index (χ0v) is 8.21. The summed E-state index contributed by atoms with van der Waals surface area (Å²) in [7, 11) is -3.54. The number of primary sulfonamides is 1. The summed E-state index contributed by atoms with van der Waals surface area (Å²) in [5.41, 5.74) is 0.843. The topological polar surface area (TPSA) is 60.2 Å². The molecule has 0 saturated heterocycles. The summed E-state index contributed by atoms with van der Waals surface area (Å²) in [5.74, 6) is 0. The maximum atomic E-state index is 10.8. The van der Waals surface area contributed by atoms with Crippen molar-refractivity contribution in [3.8, 4) is 0 Å². The Morgan fingerprint density at radius 2 is 2.17 bits per heavy atom. The average Bonchev–Trinajstić information content (AvgIpc) is 2.30. The van der Waals surface area contributed by atoms with Crippen LogP contribution in [0.5, 0.6) is 0 Å². The summed E-state index contributed by atoms with van der Waals surface area (Å²) in [6, 6.07) is 3.19. The Balaban J connectivity index is 3.17. The summed E-state index contributed by atoms with van der Waals surface area (Å²) in [6.07, 6.45) is 0. The number of nitrogens with two attached hydrogens (primary N) is 1. The fraction of sp³-hybridized carbons (Fsp3) is 0.143. The van der Waals surface area contributed by atoms with Crippen LogP contribution in [0.2, 0.25) is 0 Å². The molecule has 0 aliphatic heterocycles. The van der Waals surface area contributed by atoms with Gasteiger partial charge in [-0.2, -0.15) is 0 Å². The summed E-state index contributed by atoms with van der Waals surface area (Å²) in [4.78, 5) is 0.846. The predicted molar refractivity (Wildman–Crippen MR) is 50.4 cm³/mol. The second kappa shape index (κ2) is 3.01. The van der Waals surface area contributed by atoms with E-state index in [0.29, 0.717) is 0 Å². The van der Waals surface area contributed by atoms with E-state index < -0.39 is 10.0 Å². The molecule has 0 aliphatic carbocycles. The molecule has 3 nitrogen and oxygen atoms in total. The molecule has 0 fully saturated rings. The highest BCUT2D eigenvalue weighted by atomic mass is 32.2. The van der Waals surface area contributed by atoms with E-state index in [2.05, 4.69) is 6.58 Å². The van der Waals surface area contributed by atoms with Gasteiger partial charge in [-0.1, -0.05) is 6.58 Å². The van der Waals surface area contributed by atoms with Gasteiger partial charge < -0.3 is 0 Å². The predicted octanol–water partition coefficient (Wildman–Crippen LogP) is 1.43. The van der Waals surface area contributed by atoms with E-state index in [-0.39, 0.29) is 4.21 Å². The second-order valence-corrected chi connectivity index (χ2v) is 5.32. The first-order valence-corrected chi connectivity index (χ1v) is 5.56. The van der Waals surface area contributed by atoms with E-state index in [1.165, 1.54) is 6.07 Å². The van der Waals surface area contributed by atoms with Crippen LogP contribution in [-0.2, 0) is 10.0 Å². The number of allylic oxidation sites excluding steroid dienone is 1. The number of sulfonamides is 1. The van der Waals surface area contributed by atoms with Crippen LogP contribution >= 0.6 is 11.3 Å². The Morgan fingerprint density at radius 1 is 1.58 bits per heavy atom. The number of hydrogen-bond donors (Lipinski definition) is 1. The smallest absolute Gasteiger partial charge is 0.224 e. The number of rotatable bonds is 2. The molecule has 1 rings (SSSR count). The molecule has 12 heavy (non-hydrogen) atoms. The zero-order valence-electron chi connectivity index (χ0n) is 6.57. The van der Waals surface area contributed by atoms with Crippen LogP contribution in [-0.4, -0.2) is 8.42 Å². The van der Waals surface area contributed by atoms with Crippen molar-refractivity contribution in [3.63, 3.8) is 0 Å². The average molecular weight is 203 g/mol. The molecule has 1 heterocycles. The minimum atomic E-state index is -3.54. The molecule has 0 bridgehead atoms. The molecule has 0 aliphatic rings. The van der Waals surface area contributed by atoms with Gasteiger partial charge in [0.1, 0.15) is 4.21 Å². The molecular weight excluding hydrogens is 194 g/mol. The Kier molecular flexibility index (Phi) is 2.36. The minimum absolute atomic E-state index is 0.181. The lowest BCUT2D eigenvalue weighted by Crippen LogP contribution is -2.09. The lowest BCUT2D eigenvalue weighted by molar-refractivity contribution is 0.600. The summed E-state index contributed by atoms with van der Waals surface area (Å²) in [5, 5.41) is 4.92. The largest absolute Gasteiger partial charge is 0.247 e. The van der Waals surface area contributed by atoms with E-state index in [1.807, 2.05) is 6.92 Å². The molecule has 1 aromatic heterocycles. The molecule has 0 unspecified atom stereocenters. The molecule has 2 N–H and O–H groups in total. The van der Waals surface area contributed by atoms with Crippen molar-refractivity contribution in [1.82, 2.24) is 0 Å². The molecule has 0 saturated carbocycles. The molecule has 66 valence electrons. The third-order valence-corrected chi connectivity index (χ3v) is 3.97. The fourth-order valence-corrected chi connectivity index (χ4v) is 2.36. The Bertz CT molecular complexity index is 403. The van der Waals surface area contributed by atoms with Gasteiger partial charge in [-0.25, -0.2) is 13.6 Å². The lowest BCUT2D eigenvalue weighted by Gasteiger charge is -1.90. The van der Waals surface area contributed by atoms with Crippen LogP contribution in [0, 0.1) is 0 Å². The highest BCUT2D eigenvalue weighted by Crippen LogP contribution is 2.24. The maximum absolute atomic E-state index is 10.8. The maximum Gasteiger partial charge on any atom is 0.247 e. The Labute approximate surface area is 75.6 Å². The fourth-order valence-electron chi connectivity index (χ4n) is 0.702. The van der Waals surface area contributed by atoms with E-state index in [0.717, 1.165) is 21.8 Å². The highest BCUT2D eigenvalue weighted by Gasteiger charge is 2.10. The van der Waals surface area contributed by atoms with Crippen molar-refractivity contribution in [2.24, 2.45) is 5.14 Å². The highest BCUT2D eigenvalue weighted by molar-refractivity contribution is 7.91. The van der Waals surface area contributed by atoms with Crippen molar-refractivity contribution in [2.75, 3.05) is 0 Å². The minimum Gasteiger partial charge on any atom is -0.224 e. The molecular formula is C7H9NO2S2. The van der Waals surface area contributed by atoms with Crippen molar-refractivity contribution < 1.29 is 8.42 Å². The van der Waals surface area contributed by atoms with Gasteiger partial charge >= 0.3 is 0 Å². The number of hydrogen-bond acceptors (Lipinski definition) is 3.